The van der Waals surface area contributed by atoms with E-state index in [1.165, 1.54) is 0 Å². The van der Waals surface area contributed by atoms with Gasteiger partial charge in [-0.3, -0.25) is 15.1 Å². The van der Waals surface area contributed by atoms with Gasteiger partial charge in [0.1, 0.15) is 5.92 Å². The first kappa shape index (κ1) is 25.8. The predicted molar refractivity (Wildman–Crippen MR) is 156 cm³/mol. The second kappa shape index (κ2) is 10.6. The first-order valence-corrected chi connectivity index (χ1v) is 13.4. The number of hydrogen-bond donors (Lipinski definition) is 1. The molecule has 6 rings (SSSR count). The van der Waals surface area contributed by atoms with Crippen molar-refractivity contribution < 1.29 is 14.4 Å². The molecule has 1 fully saturated rings. The minimum absolute atomic E-state index is 0.0320. The molecule has 1 aromatic heterocycles. The number of fused-ring (bicyclic) bond motifs is 2. The number of rotatable bonds is 6. The minimum Gasteiger partial charge on any atom is -0.493 e. The lowest BCUT2D eigenvalue weighted by Crippen LogP contribution is -2.46. The number of nitrogens with zero attached hydrogens (tertiary/aromatic N) is 4. The molecule has 2 aliphatic heterocycles. The van der Waals surface area contributed by atoms with Gasteiger partial charge in [0, 0.05) is 66.8 Å². The number of methoxy groups -OCH3 is 1. The van der Waals surface area contributed by atoms with Crippen molar-refractivity contribution in [2.24, 2.45) is 0 Å². The number of anilines is 2. The molecule has 40 heavy (non-hydrogen) atoms. The third-order valence-electron chi connectivity index (χ3n) is 7.57. The molecule has 1 saturated heterocycles. The SMILES string of the molecule is CNC1=C([N+](=O)[O-])C(c2ccc(N3CCN(c4ccnc5cc(Cl)ccc45)CC3)cc2)c2cccc(OC)c2O1. The fraction of sp³-hybridized carbons (Fsp3) is 0.233. The molecule has 0 saturated carbocycles. The Kier molecular flexibility index (Phi) is 6.81. The summed E-state index contributed by atoms with van der Waals surface area (Å²) in [5.74, 6) is 0.502. The van der Waals surface area contributed by atoms with Gasteiger partial charge in [-0.2, -0.15) is 0 Å². The summed E-state index contributed by atoms with van der Waals surface area (Å²) in [6.07, 6.45) is 1.83. The van der Waals surface area contributed by atoms with Crippen molar-refractivity contribution in [3.05, 3.63) is 111 Å². The quantitative estimate of drug-likeness (QED) is 0.248. The van der Waals surface area contributed by atoms with Crippen molar-refractivity contribution in [3.63, 3.8) is 0 Å². The van der Waals surface area contributed by atoms with Crippen LogP contribution in [-0.4, -0.2) is 50.2 Å². The van der Waals surface area contributed by atoms with E-state index in [1.807, 2.05) is 60.8 Å². The van der Waals surface area contributed by atoms with E-state index < -0.39 is 5.92 Å². The Morgan fingerprint density at radius 1 is 1.05 bits per heavy atom. The molecule has 4 aromatic rings. The van der Waals surface area contributed by atoms with Crippen LogP contribution in [0.1, 0.15) is 17.0 Å². The lowest BCUT2D eigenvalue weighted by Gasteiger charge is -2.38. The minimum atomic E-state index is -0.615. The van der Waals surface area contributed by atoms with E-state index in [-0.39, 0.29) is 16.5 Å². The number of benzene rings is 3. The molecule has 3 aromatic carbocycles. The third-order valence-corrected chi connectivity index (χ3v) is 7.80. The van der Waals surface area contributed by atoms with E-state index in [1.54, 1.807) is 20.2 Å². The maximum atomic E-state index is 12.2. The molecule has 0 amide bonds. The summed E-state index contributed by atoms with van der Waals surface area (Å²) in [5, 5.41) is 16.8. The molecular weight excluding hydrogens is 530 g/mol. The second-order valence-electron chi connectivity index (χ2n) is 9.69. The zero-order valence-electron chi connectivity index (χ0n) is 22.1. The van der Waals surface area contributed by atoms with Gasteiger partial charge in [-0.25, -0.2) is 0 Å². The summed E-state index contributed by atoms with van der Waals surface area (Å²) in [4.78, 5) is 21.0. The Bertz CT molecular complexity index is 1620. The first-order valence-electron chi connectivity index (χ1n) is 13.0. The van der Waals surface area contributed by atoms with E-state index in [9.17, 15) is 10.1 Å². The molecule has 1 atom stereocenters. The highest BCUT2D eigenvalue weighted by molar-refractivity contribution is 6.31. The van der Waals surface area contributed by atoms with Crippen LogP contribution in [0.5, 0.6) is 11.5 Å². The predicted octanol–water partition coefficient (Wildman–Crippen LogP) is 5.41. The second-order valence-corrected chi connectivity index (χ2v) is 10.1. The van der Waals surface area contributed by atoms with Crippen LogP contribution in [0.2, 0.25) is 5.02 Å². The number of piperazine rings is 1. The van der Waals surface area contributed by atoms with Gasteiger partial charge in [0.15, 0.2) is 11.5 Å². The maximum Gasteiger partial charge on any atom is 0.317 e. The molecule has 3 heterocycles. The van der Waals surface area contributed by atoms with Crippen LogP contribution in [0, 0.1) is 10.1 Å². The highest BCUT2D eigenvalue weighted by atomic mass is 35.5. The fourth-order valence-corrected chi connectivity index (χ4v) is 5.80. The number of para-hydroxylation sites is 1. The third kappa shape index (κ3) is 4.52. The smallest absolute Gasteiger partial charge is 0.317 e. The van der Waals surface area contributed by atoms with Crippen molar-refractivity contribution in [2.75, 3.05) is 50.1 Å². The van der Waals surface area contributed by atoms with Gasteiger partial charge in [0.25, 0.3) is 5.88 Å². The van der Waals surface area contributed by atoms with Crippen LogP contribution in [0.25, 0.3) is 10.9 Å². The number of pyridine rings is 1. The van der Waals surface area contributed by atoms with Crippen molar-refractivity contribution in [1.29, 1.82) is 0 Å². The Balaban J connectivity index is 1.25. The van der Waals surface area contributed by atoms with Gasteiger partial charge in [-0.15, -0.1) is 0 Å². The average molecular weight is 558 g/mol. The molecule has 1 unspecified atom stereocenters. The van der Waals surface area contributed by atoms with E-state index in [0.717, 1.165) is 54.0 Å². The topological polar surface area (TPSA) is 93.0 Å². The Morgan fingerprint density at radius 3 is 2.50 bits per heavy atom. The first-order chi connectivity index (χ1) is 19.5. The zero-order chi connectivity index (χ0) is 27.8. The van der Waals surface area contributed by atoms with Crippen molar-refractivity contribution in [3.8, 4) is 11.5 Å². The number of nitrogens with one attached hydrogen (secondary N) is 1. The summed E-state index contributed by atoms with van der Waals surface area (Å²) in [7, 11) is 3.17. The van der Waals surface area contributed by atoms with Crippen LogP contribution in [0.3, 0.4) is 0 Å². The summed E-state index contributed by atoms with van der Waals surface area (Å²) in [6.45, 7) is 3.41. The fourth-order valence-electron chi connectivity index (χ4n) is 5.63. The number of ether oxygens (including phenoxy) is 2. The number of allylic oxidation sites excluding steroid dienone is 1. The Hall–Kier alpha value is -4.50. The van der Waals surface area contributed by atoms with E-state index in [0.29, 0.717) is 22.1 Å². The highest BCUT2D eigenvalue weighted by Gasteiger charge is 2.40. The molecule has 0 radical (unpaired) electrons. The molecule has 0 aliphatic carbocycles. The maximum absolute atomic E-state index is 12.2. The van der Waals surface area contributed by atoms with E-state index >= 15 is 0 Å². The molecule has 9 nitrogen and oxygen atoms in total. The van der Waals surface area contributed by atoms with E-state index in [4.69, 9.17) is 21.1 Å². The number of hydrogen-bond acceptors (Lipinski definition) is 8. The Morgan fingerprint density at radius 2 is 1.80 bits per heavy atom. The number of aromatic nitrogens is 1. The molecule has 10 heteroatoms. The van der Waals surface area contributed by atoms with Gasteiger partial charge < -0.3 is 24.6 Å². The highest BCUT2D eigenvalue weighted by Crippen LogP contribution is 2.47. The normalized spacial score (nSPS) is 16.9. The van der Waals surface area contributed by atoms with Crippen LogP contribution in [-0.2, 0) is 0 Å². The van der Waals surface area contributed by atoms with Crippen LogP contribution < -0.4 is 24.6 Å². The van der Waals surface area contributed by atoms with Gasteiger partial charge in [-0.05, 0) is 48.0 Å². The van der Waals surface area contributed by atoms with Crippen LogP contribution in [0.4, 0.5) is 11.4 Å². The lowest BCUT2D eigenvalue weighted by molar-refractivity contribution is -0.432. The van der Waals surface area contributed by atoms with Gasteiger partial charge >= 0.3 is 5.70 Å². The van der Waals surface area contributed by atoms with Gasteiger partial charge in [-0.1, -0.05) is 35.9 Å². The molecular formula is C30H28ClN5O4. The molecule has 204 valence electrons. The van der Waals surface area contributed by atoms with Crippen molar-refractivity contribution >= 4 is 33.9 Å². The van der Waals surface area contributed by atoms with Crippen LogP contribution >= 0.6 is 11.6 Å². The summed E-state index contributed by atoms with van der Waals surface area (Å²) in [5.41, 5.74) is 4.59. The number of nitro groups is 1. The Labute approximate surface area is 236 Å². The lowest BCUT2D eigenvalue weighted by atomic mass is 9.86. The molecule has 2 aliphatic rings. The van der Waals surface area contributed by atoms with Crippen molar-refractivity contribution in [2.45, 2.75) is 5.92 Å². The monoisotopic (exact) mass is 557 g/mol. The molecule has 0 spiro atoms. The van der Waals surface area contributed by atoms with Crippen molar-refractivity contribution in [1.82, 2.24) is 10.3 Å². The summed E-state index contributed by atoms with van der Waals surface area (Å²) < 4.78 is 11.4. The molecule has 0 bridgehead atoms. The standard InChI is InChI=1S/C30H28ClN5O4/c1-32-30-28(36(37)38)27(23-4-3-5-26(39-2)29(23)40-30)19-6-9-21(10-7-19)34-14-16-35(17-15-34)25-12-13-33-24-18-20(31)8-11-22(24)25/h3-13,18,27,32H,14-17H2,1-2H3. The largest absolute Gasteiger partial charge is 0.493 e. The van der Waals surface area contributed by atoms with E-state index in [2.05, 4.69) is 26.2 Å². The summed E-state index contributed by atoms with van der Waals surface area (Å²) in [6, 6.07) is 21.4. The zero-order valence-corrected chi connectivity index (χ0v) is 22.9. The summed E-state index contributed by atoms with van der Waals surface area (Å²) >= 11 is 6.17. The average Bonchev–Trinajstić information content (AvgIpc) is 2.99. The van der Waals surface area contributed by atoms with Gasteiger partial charge in [0.05, 0.1) is 17.5 Å². The van der Waals surface area contributed by atoms with Crippen LogP contribution in [0.15, 0.2) is 84.5 Å². The number of halogens is 1. The molecule has 1 N–H and O–H groups in total. The van der Waals surface area contributed by atoms with Gasteiger partial charge in [0.2, 0.25) is 0 Å².